The van der Waals surface area contributed by atoms with Crippen molar-refractivity contribution in [2.75, 3.05) is 6.54 Å². The van der Waals surface area contributed by atoms with Gasteiger partial charge in [-0.05, 0) is 19.0 Å². The van der Waals surface area contributed by atoms with Gasteiger partial charge in [-0.15, -0.1) is 11.3 Å². The topological polar surface area (TPSA) is 12.0 Å². The van der Waals surface area contributed by atoms with Crippen molar-refractivity contribution in [3.05, 3.63) is 20.3 Å². The van der Waals surface area contributed by atoms with Gasteiger partial charge in [-0.2, -0.15) is 0 Å². The molecule has 0 aliphatic carbocycles. The van der Waals surface area contributed by atoms with Gasteiger partial charge in [-0.1, -0.05) is 49.9 Å². The summed E-state index contributed by atoms with van der Waals surface area (Å²) in [6.45, 7) is 5.27. The van der Waals surface area contributed by atoms with Gasteiger partial charge in [0.05, 0.1) is 8.67 Å². The van der Waals surface area contributed by atoms with E-state index in [0.29, 0.717) is 6.04 Å². The highest BCUT2D eigenvalue weighted by Crippen LogP contribution is 2.36. The highest BCUT2D eigenvalue weighted by Gasteiger charge is 2.15. The van der Waals surface area contributed by atoms with Crippen molar-refractivity contribution >= 4 is 34.5 Å². The zero-order valence-corrected chi connectivity index (χ0v) is 11.5. The van der Waals surface area contributed by atoms with Crippen LogP contribution in [0.15, 0.2) is 6.07 Å². The molecule has 0 aromatic carbocycles. The van der Waals surface area contributed by atoms with E-state index in [1.807, 2.05) is 6.07 Å². The molecule has 86 valence electrons. The monoisotopic (exact) mass is 265 g/mol. The van der Waals surface area contributed by atoms with Gasteiger partial charge < -0.3 is 5.32 Å². The van der Waals surface area contributed by atoms with E-state index in [4.69, 9.17) is 23.2 Å². The minimum atomic E-state index is 0.353. The number of nitrogens with one attached hydrogen (secondary N) is 1. The molecule has 0 bridgehead atoms. The highest BCUT2D eigenvalue weighted by atomic mass is 35.5. The van der Waals surface area contributed by atoms with Crippen LogP contribution in [0.25, 0.3) is 0 Å². The molecule has 1 N–H and O–H groups in total. The number of thiophene rings is 1. The maximum atomic E-state index is 6.15. The SMILES string of the molecule is CCCCC(NCC)c1cc(Cl)sc1Cl. The first-order valence-electron chi connectivity index (χ1n) is 5.37. The maximum absolute atomic E-state index is 6.15. The highest BCUT2D eigenvalue weighted by molar-refractivity contribution is 7.20. The minimum Gasteiger partial charge on any atom is -0.310 e. The van der Waals surface area contributed by atoms with Gasteiger partial charge in [-0.3, -0.25) is 0 Å². The van der Waals surface area contributed by atoms with Gasteiger partial charge in [0.2, 0.25) is 0 Å². The molecule has 1 unspecified atom stereocenters. The molecule has 0 aliphatic rings. The molecule has 0 saturated carbocycles. The van der Waals surface area contributed by atoms with E-state index in [2.05, 4.69) is 19.2 Å². The smallest absolute Gasteiger partial charge is 0.0991 e. The third-order valence-corrected chi connectivity index (χ3v) is 3.87. The molecule has 1 atom stereocenters. The molecule has 0 radical (unpaired) electrons. The van der Waals surface area contributed by atoms with Crippen LogP contribution in [0.5, 0.6) is 0 Å². The second kappa shape index (κ2) is 6.74. The summed E-state index contributed by atoms with van der Waals surface area (Å²) in [4.78, 5) is 0. The van der Waals surface area contributed by atoms with Gasteiger partial charge in [0, 0.05) is 11.6 Å². The molecular weight excluding hydrogens is 249 g/mol. The molecule has 4 heteroatoms. The lowest BCUT2D eigenvalue weighted by Gasteiger charge is -2.16. The third kappa shape index (κ3) is 3.95. The van der Waals surface area contributed by atoms with Crippen LogP contribution in [0, 0.1) is 0 Å². The number of hydrogen-bond acceptors (Lipinski definition) is 2. The molecule has 0 spiro atoms. The summed E-state index contributed by atoms with van der Waals surface area (Å²) in [6, 6.07) is 2.34. The van der Waals surface area contributed by atoms with Crippen molar-refractivity contribution in [1.82, 2.24) is 5.32 Å². The first-order valence-corrected chi connectivity index (χ1v) is 6.94. The van der Waals surface area contributed by atoms with Crippen LogP contribution in [0.1, 0.15) is 44.7 Å². The third-order valence-electron chi connectivity index (χ3n) is 2.36. The Bertz CT molecular complexity index is 299. The summed E-state index contributed by atoms with van der Waals surface area (Å²) in [5.74, 6) is 0. The number of rotatable bonds is 6. The molecule has 1 aromatic rings. The lowest BCUT2D eigenvalue weighted by molar-refractivity contribution is 0.496. The Labute approximate surface area is 106 Å². The molecule has 0 aliphatic heterocycles. The molecule has 1 aromatic heterocycles. The van der Waals surface area contributed by atoms with Crippen LogP contribution in [0.2, 0.25) is 8.67 Å². The summed E-state index contributed by atoms with van der Waals surface area (Å²) in [5, 5.41) is 3.45. The second-order valence-electron chi connectivity index (χ2n) is 3.53. The van der Waals surface area contributed by atoms with Gasteiger partial charge in [0.25, 0.3) is 0 Å². The van der Waals surface area contributed by atoms with E-state index in [-0.39, 0.29) is 0 Å². The summed E-state index contributed by atoms with van der Waals surface area (Å²) in [7, 11) is 0. The molecular formula is C11H17Cl2NS. The van der Waals surface area contributed by atoms with Crippen molar-refractivity contribution in [3.8, 4) is 0 Å². The van der Waals surface area contributed by atoms with Crippen LogP contribution < -0.4 is 5.32 Å². The number of unbranched alkanes of at least 4 members (excludes halogenated alkanes) is 1. The lowest BCUT2D eigenvalue weighted by atomic mass is 10.0. The van der Waals surface area contributed by atoms with E-state index in [1.54, 1.807) is 0 Å². The van der Waals surface area contributed by atoms with Gasteiger partial charge in [-0.25, -0.2) is 0 Å². The van der Waals surface area contributed by atoms with Crippen molar-refractivity contribution in [1.29, 1.82) is 0 Å². The van der Waals surface area contributed by atoms with Gasteiger partial charge in [0.15, 0.2) is 0 Å². The molecule has 15 heavy (non-hydrogen) atoms. The van der Waals surface area contributed by atoms with E-state index < -0.39 is 0 Å². The molecule has 1 rings (SSSR count). The molecule has 1 nitrogen and oxygen atoms in total. The lowest BCUT2D eigenvalue weighted by Crippen LogP contribution is -2.20. The van der Waals surface area contributed by atoms with E-state index in [0.717, 1.165) is 27.2 Å². The zero-order valence-electron chi connectivity index (χ0n) is 9.15. The standard InChI is InChI=1S/C11H17Cl2NS/c1-3-5-6-9(14-4-2)8-7-10(12)15-11(8)13/h7,9,14H,3-6H2,1-2H3. The first kappa shape index (κ1) is 13.3. The largest absolute Gasteiger partial charge is 0.310 e. The van der Waals surface area contributed by atoms with E-state index in [1.165, 1.54) is 24.2 Å². The molecule has 0 saturated heterocycles. The average molecular weight is 266 g/mol. The zero-order chi connectivity index (χ0) is 11.3. The predicted octanol–water partition coefficient (Wildman–Crippen LogP) is 4.90. The fourth-order valence-corrected chi connectivity index (χ4v) is 3.19. The van der Waals surface area contributed by atoms with Crippen LogP contribution in [0.3, 0.4) is 0 Å². The fraction of sp³-hybridized carbons (Fsp3) is 0.636. The quantitative estimate of drug-likeness (QED) is 0.772. The summed E-state index contributed by atoms with van der Waals surface area (Å²) >= 11 is 13.5. The van der Waals surface area contributed by atoms with Crippen LogP contribution in [0.4, 0.5) is 0 Å². The van der Waals surface area contributed by atoms with E-state index in [9.17, 15) is 0 Å². The summed E-state index contributed by atoms with van der Waals surface area (Å²) in [5.41, 5.74) is 1.15. The Morgan fingerprint density at radius 1 is 1.40 bits per heavy atom. The Hall–Kier alpha value is 0.240. The Morgan fingerprint density at radius 2 is 2.13 bits per heavy atom. The second-order valence-corrected chi connectivity index (χ2v) is 5.82. The fourth-order valence-electron chi connectivity index (χ4n) is 1.61. The first-order chi connectivity index (χ1) is 7.19. The average Bonchev–Trinajstić information content (AvgIpc) is 2.52. The Morgan fingerprint density at radius 3 is 2.60 bits per heavy atom. The van der Waals surface area contributed by atoms with Gasteiger partial charge in [0.1, 0.15) is 0 Å². The summed E-state index contributed by atoms with van der Waals surface area (Å²) in [6.07, 6.45) is 3.54. The van der Waals surface area contributed by atoms with Gasteiger partial charge >= 0.3 is 0 Å². The van der Waals surface area contributed by atoms with Crippen molar-refractivity contribution in [2.24, 2.45) is 0 Å². The Kier molecular flexibility index (Phi) is 5.98. The van der Waals surface area contributed by atoms with Crippen molar-refractivity contribution in [2.45, 2.75) is 39.2 Å². The van der Waals surface area contributed by atoms with E-state index >= 15 is 0 Å². The molecule has 0 amide bonds. The van der Waals surface area contributed by atoms with Crippen LogP contribution in [-0.2, 0) is 0 Å². The Balaban J connectivity index is 2.73. The maximum Gasteiger partial charge on any atom is 0.0991 e. The molecule has 0 fully saturated rings. The number of halogens is 2. The van der Waals surface area contributed by atoms with Crippen LogP contribution in [-0.4, -0.2) is 6.54 Å². The summed E-state index contributed by atoms with van der Waals surface area (Å²) < 4.78 is 1.59. The normalized spacial score (nSPS) is 13.1. The van der Waals surface area contributed by atoms with Crippen LogP contribution >= 0.6 is 34.5 Å². The number of hydrogen-bond donors (Lipinski definition) is 1. The van der Waals surface area contributed by atoms with Crippen molar-refractivity contribution in [3.63, 3.8) is 0 Å². The predicted molar refractivity (Wildman–Crippen MR) is 70.3 cm³/mol. The van der Waals surface area contributed by atoms with Crippen molar-refractivity contribution < 1.29 is 0 Å². The minimum absolute atomic E-state index is 0.353. The molecule has 1 heterocycles.